The van der Waals surface area contributed by atoms with E-state index < -0.39 is 11.9 Å². The van der Waals surface area contributed by atoms with Gasteiger partial charge in [-0.2, -0.15) is 0 Å². The van der Waals surface area contributed by atoms with Gasteiger partial charge in [0.1, 0.15) is 5.75 Å². The molecule has 1 rings (SSSR count). The highest BCUT2D eigenvalue weighted by molar-refractivity contribution is 5.85. The molecule has 0 unspecified atom stereocenters. The lowest BCUT2D eigenvalue weighted by molar-refractivity contribution is -0.145. The lowest BCUT2D eigenvalue weighted by Crippen LogP contribution is -2.14. The van der Waals surface area contributed by atoms with Crippen LogP contribution in [-0.4, -0.2) is 35.2 Å². The highest BCUT2D eigenvalue weighted by Crippen LogP contribution is 2.10. The van der Waals surface area contributed by atoms with Gasteiger partial charge in [0.15, 0.2) is 12.3 Å². The molecular weight excluding hydrogens is 214 g/mol. The minimum absolute atomic E-state index is 0.138. The van der Waals surface area contributed by atoms with Crippen LogP contribution in [0.3, 0.4) is 0 Å². The van der Waals surface area contributed by atoms with E-state index in [9.17, 15) is 9.59 Å². The maximum absolute atomic E-state index is 11.0. The average Bonchev–Trinajstić information content (AvgIpc) is 2.27. The summed E-state index contributed by atoms with van der Waals surface area (Å²) in [4.78, 5) is 25.1. The molecule has 0 radical (unpaired) electrons. The van der Waals surface area contributed by atoms with E-state index >= 15 is 0 Å². The van der Waals surface area contributed by atoms with Crippen molar-refractivity contribution < 1.29 is 24.2 Å². The molecule has 0 spiro atoms. The number of carboxylic acids is 1. The first kappa shape index (κ1) is 12.0. The second-order valence-corrected chi connectivity index (χ2v) is 2.78. The highest BCUT2D eigenvalue weighted by Gasteiger charge is 2.07. The summed E-state index contributed by atoms with van der Waals surface area (Å²) in [6, 6.07) is 2.70. The minimum Gasteiger partial charge on any atom is -0.482 e. The SMILES string of the molecule is CCOC(=O)COc1ccnc(C(=O)O)c1. The molecule has 1 aromatic rings. The first-order valence-electron chi connectivity index (χ1n) is 4.61. The number of hydrogen-bond acceptors (Lipinski definition) is 5. The molecule has 0 atom stereocenters. The van der Waals surface area contributed by atoms with Gasteiger partial charge in [-0.3, -0.25) is 0 Å². The van der Waals surface area contributed by atoms with Gasteiger partial charge < -0.3 is 14.6 Å². The van der Waals surface area contributed by atoms with Gasteiger partial charge in [-0.25, -0.2) is 14.6 Å². The number of ether oxygens (including phenoxy) is 2. The Morgan fingerprint density at radius 1 is 1.50 bits per heavy atom. The maximum Gasteiger partial charge on any atom is 0.354 e. The van der Waals surface area contributed by atoms with Gasteiger partial charge in [0, 0.05) is 12.3 Å². The quantitative estimate of drug-likeness (QED) is 0.743. The summed E-state index contributed by atoms with van der Waals surface area (Å²) in [7, 11) is 0. The third-order valence-electron chi connectivity index (χ3n) is 1.61. The van der Waals surface area contributed by atoms with Crippen LogP contribution in [0.1, 0.15) is 17.4 Å². The molecule has 1 heterocycles. The Morgan fingerprint density at radius 3 is 2.88 bits per heavy atom. The van der Waals surface area contributed by atoms with Crippen molar-refractivity contribution >= 4 is 11.9 Å². The van der Waals surface area contributed by atoms with Crippen LogP contribution >= 0.6 is 0 Å². The van der Waals surface area contributed by atoms with Crippen molar-refractivity contribution in [3.05, 3.63) is 24.0 Å². The Hall–Kier alpha value is -2.11. The number of aromatic carboxylic acids is 1. The summed E-state index contributed by atoms with van der Waals surface area (Å²) < 4.78 is 9.68. The molecule has 16 heavy (non-hydrogen) atoms. The first-order valence-corrected chi connectivity index (χ1v) is 4.61. The number of carbonyl (C=O) groups is 2. The van der Waals surface area contributed by atoms with Crippen molar-refractivity contribution in [1.82, 2.24) is 4.98 Å². The molecule has 6 nitrogen and oxygen atoms in total. The zero-order chi connectivity index (χ0) is 12.0. The van der Waals surface area contributed by atoms with Crippen LogP contribution in [0.15, 0.2) is 18.3 Å². The Bertz CT molecular complexity index is 391. The molecule has 0 saturated carbocycles. The number of nitrogens with zero attached hydrogens (tertiary/aromatic N) is 1. The third kappa shape index (κ3) is 3.56. The number of aromatic nitrogens is 1. The summed E-state index contributed by atoms with van der Waals surface area (Å²) >= 11 is 0. The molecule has 1 aromatic heterocycles. The van der Waals surface area contributed by atoms with E-state index in [1.54, 1.807) is 6.92 Å². The summed E-state index contributed by atoms with van der Waals surface area (Å²) in [6.07, 6.45) is 1.30. The molecule has 1 N–H and O–H groups in total. The van der Waals surface area contributed by atoms with Crippen molar-refractivity contribution in [2.75, 3.05) is 13.2 Å². The number of hydrogen-bond donors (Lipinski definition) is 1. The Labute approximate surface area is 91.8 Å². The molecule has 0 saturated heterocycles. The van der Waals surface area contributed by atoms with E-state index in [4.69, 9.17) is 9.84 Å². The van der Waals surface area contributed by atoms with Crippen LogP contribution in [0.4, 0.5) is 0 Å². The highest BCUT2D eigenvalue weighted by atomic mass is 16.6. The number of carboxylic acid groups (broad SMARTS) is 1. The minimum atomic E-state index is -1.15. The molecule has 0 fully saturated rings. The van der Waals surface area contributed by atoms with Gasteiger partial charge in [-0.1, -0.05) is 0 Å². The van der Waals surface area contributed by atoms with Crippen molar-refractivity contribution in [3.8, 4) is 5.75 Å². The summed E-state index contributed by atoms with van der Waals surface area (Å²) in [6.45, 7) is 1.71. The Balaban J connectivity index is 2.57. The normalized spacial score (nSPS) is 9.56. The van der Waals surface area contributed by atoms with Gasteiger partial charge >= 0.3 is 11.9 Å². The molecular formula is C10H11NO5. The molecule has 0 aliphatic carbocycles. The van der Waals surface area contributed by atoms with Crippen LogP contribution < -0.4 is 4.74 Å². The molecule has 86 valence electrons. The van der Waals surface area contributed by atoms with Gasteiger partial charge in [0.05, 0.1) is 6.61 Å². The molecule has 0 aliphatic heterocycles. The summed E-state index contributed by atoms with van der Waals surface area (Å²) in [5.41, 5.74) is -0.138. The Kier molecular flexibility index (Phi) is 4.26. The van der Waals surface area contributed by atoms with Crippen molar-refractivity contribution in [2.24, 2.45) is 0 Å². The molecule has 0 aliphatic rings. The monoisotopic (exact) mass is 225 g/mol. The van der Waals surface area contributed by atoms with E-state index in [-0.39, 0.29) is 24.7 Å². The average molecular weight is 225 g/mol. The molecule has 0 amide bonds. The van der Waals surface area contributed by atoms with E-state index in [2.05, 4.69) is 9.72 Å². The second-order valence-electron chi connectivity index (χ2n) is 2.78. The second kappa shape index (κ2) is 5.69. The zero-order valence-electron chi connectivity index (χ0n) is 8.67. The number of pyridine rings is 1. The van der Waals surface area contributed by atoms with Gasteiger partial charge in [0.25, 0.3) is 0 Å². The first-order chi connectivity index (χ1) is 7.63. The van der Waals surface area contributed by atoms with Crippen molar-refractivity contribution in [3.63, 3.8) is 0 Å². The topological polar surface area (TPSA) is 85.7 Å². The van der Waals surface area contributed by atoms with E-state index in [1.807, 2.05) is 0 Å². The third-order valence-corrected chi connectivity index (χ3v) is 1.61. The number of rotatable bonds is 5. The van der Waals surface area contributed by atoms with E-state index in [0.29, 0.717) is 0 Å². The number of carbonyl (C=O) groups excluding carboxylic acids is 1. The predicted molar refractivity (Wildman–Crippen MR) is 53.3 cm³/mol. The van der Waals surface area contributed by atoms with E-state index in [1.165, 1.54) is 18.3 Å². The van der Waals surface area contributed by atoms with Crippen molar-refractivity contribution in [2.45, 2.75) is 6.92 Å². The van der Waals surface area contributed by atoms with Crippen LogP contribution in [0, 0.1) is 0 Å². The smallest absolute Gasteiger partial charge is 0.354 e. The summed E-state index contributed by atoms with van der Waals surface area (Å²) in [5.74, 6) is -1.39. The van der Waals surface area contributed by atoms with Crippen LogP contribution in [0.25, 0.3) is 0 Å². The maximum atomic E-state index is 11.0. The fourth-order valence-electron chi connectivity index (χ4n) is 0.963. The molecule has 0 bridgehead atoms. The molecule has 0 aromatic carbocycles. The standard InChI is InChI=1S/C10H11NO5/c1-2-15-9(12)6-16-7-3-4-11-8(5-7)10(13)14/h3-5H,2,6H2,1H3,(H,13,14). The predicted octanol–water partition coefficient (Wildman–Crippen LogP) is 0.722. The van der Waals surface area contributed by atoms with Crippen LogP contribution in [0.5, 0.6) is 5.75 Å². The summed E-state index contributed by atoms with van der Waals surface area (Å²) in [5, 5.41) is 8.66. The molecule has 6 heteroatoms. The fourth-order valence-corrected chi connectivity index (χ4v) is 0.963. The lowest BCUT2D eigenvalue weighted by atomic mass is 10.3. The number of esters is 1. The fraction of sp³-hybridized carbons (Fsp3) is 0.300. The van der Waals surface area contributed by atoms with Crippen LogP contribution in [0.2, 0.25) is 0 Å². The van der Waals surface area contributed by atoms with Gasteiger partial charge in [0.2, 0.25) is 0 Å². The van der Waals surface area contributed by atoms with Crippen molar-refractivity contribution in [1.29, 1.82) is 0 Å². The van der Waals surface area contributed by atoms with Gasteiger partial charge in [-0.05, 0) is 13.0 Å². The van der Waals surface area contributed by atoms with Crippen LogP contribution in [-0.2, 0) is 9.53 Å². The zero-order valence-corrected chi connectivity index (χ0v) is 8.67. The lowest BCUT2D eigenvalue weighted by Gasteiger charge is -2.05. The van der Waals surface area contributed by atoms with E-state index in [0.717, 1.165) is 0 Å². The van der Waals surface area contributed by atoms with Gasteiger partial charge in [-0.15, -0.1) is 0 Å². The largest absolute Gasteiger partial charge is 0.482 e. The Morgan fingerprint density at radius 2 is 2.25 bits per heavy atom.